The Morgan fingerprint density at radius 1 is 1.11 bits per heavy atom. The highest BCUT2D eigenvalue weighted by molar-refractivity contribution is 7.92. The van der Waals surface area contributed by atoms with Crippen molar-refractivity contribution in [2.75, 3.05) is 35.8 Å². The second-order valence-electron chi connectivity index (χ2n) is 6.97. The number of H-pyrrole nitrogens is 1. The highest BCUT2D eigenvalue weighted by Crippen LogP contribution is 2.22. The van der Waals surface area contributed by atoms with Crippen LogP contribution in [-0.2, 0) is 10.0 Å². The zero-order valence-corrected chi connectivity index (χ0v) is 16.9. The van der Waals surface area contributed by atoms with Gasteiger partial charge in [0.25, 0.3) is 15.8 Å². The fourth-order valence-electron chi connectivity index (χ4n) is 3.62. The van der Waals surface area contributed by atoms with Crippen molar-refractivity contribution < 1.29 is 18.3 Å². The van der Waals surface area contributed by atoms with E-state index in [4.69, 9.17) is 0 Å². The number of likely N-dealkylation sites (tertiary alicyclic amines) is 1. The van der Waals surface area contributed by atoms with Gasteiger partial charge in [-0.05, 0) is 32.0 Å². The number of hydrogen-bond acceptors (Lipinski definition) is 3. The van der Waals surface area contributed by atoms with E-state index in [2.05, 4.69) is 17.2 Å². The minimum atomic E-state index is -3.59. The summed E-state index contributed by atoms with van der Waals surface area (Å²) in [5.74, 6) is 0.863. The molecule has 7 heteroatoms. The second-order valence-corrected chi connectivity index (χ2v) is 8.83. The van der Waals surface area contributed by atoms with Crippen LogP contribution < -0.4 is 19.5 Å². The summed E-state index contributed by atoms with van der Waals surface area (Å²) in [4.78, 5) is 5.04. The molecule has 1 aromatic heterocycles. The maximum atomic E-state index is 13.0. The van der Waals surface area contributed by atoms with Crippen LogP contribution in [0.4, 0.5) is 11.5 Å². The molecule has 1 fully saturated rings. The predicted octanol–water partition coefficient (Wildman–Crippen LogP) is 1.20. The van der Waals surface area contributed by atoms with Gasteiger partial charge in [-0.3, -0.25) is 9.62 Å². The molecule has 0 aliphatic carbocycles. The zero-order valence-electron chi connectivity index (χ0n) is 16.1. The van der Waals surface area contributed by atoms with E-state index in [0.29, 0.717) is 18.3 Å². The van der Waals surface area contributed by atoms with E-state index in [1.807, 2.05) is 43.3 Å². The number of rotatable bonds is 7. The average molecular weight is 391 g/mol. The number of benzene rings is 1. The number of quaternary nitrogens is 1. The van der Waals surface area contributed by atoms with Crippen LogP contribution in [0.1, 0.15) is 26.7 Å². The highest BCUT2D eigenvalue weighted by Gasteiger charge is 2.27. The van der Waals surface area contributed by atoms with Gasteiger partial charge in [0, 0.05) is 25.5 Å². The third-order valence-corrected chi connectivity index (χ3v) is 7.15. The van der Waals surface area contributed by atoms with Gasteiger partial charge in [-0.2, -0.15) is 0 Å². The second kappa shape index (κ2) is 8.71. The lowest BCUT2D eigenvalue weighted by Gasteiger charge is -2.26. The molecule has 0 spiro atoms. The molecule has 146 valence electrons. The summed E-state index contributed by atoms with van der Waals surface area (Å²) in [6, 6.07) is 13.1. The van der Waals surface area contributed by atoms with Gasteiger partial charge in [-0.1, -0.05) is 18.2 Å². The molecule has 1 aromatic carbocycles. The summed E-state index contributed by atoms with van der Waals surface area (Å²) in [7, 11) is -3.59. The first-order valence-electron chi connectivity index (χ1n) is 9.74. The van der Waals surface area contributed by atoms with Gasteiger partial charge in [0.15, 0.2) is 0 Å². The Labute approximate surface area is 162 Å². The van der Waals surface area contributed by atoms with Crippen molar-refractivity contribution in [1.82, 2.24) is 0 Å². The molecular formula is C20H30N4O2S+2. The van der Waals surface area contributed by atoms with Crippen molar-refractivity contribution in [3.8, 4) is 0 Å². The number of pyridine rings is 1. The lowest BCUT2D eigenvalue weighted by atomic mass is 10.1. The van der Waals surface area contributed by atoms with Gasteiger partial charge in [-0.25, -0.2) is 13.4 Å². The normalized spacial score (nSPS) is 20.2. The van der Waals surface area contributed by atoms with Gasteiger partial charge in [-0.15, -0.1) is 0 Å². The fourth-order valence-corrected chi connectivity index (χ4v) is 5.06. The Hall–Kier alpha value is -2.12. The molecule has 3 rings (SSSR count). The molecule has 2 heterocycles. The number of anilines is 2. The maximum absolute atomic E-state index is 13.0. The Bertz CT molecular complexity index is 817. The Morgan fingerprint density at radius 2 is 1.81 bits per heavy atom. The van der Waals surface area contributed by atoms with Gasteiger partial charge < -0.3 is 4.90 Å². The Morgan fingerprint density at radius 3 is 2.37 bits per heavy atom. The first-order valence-corrected chi connectivity index (χ1v) is 11.2. The van der Waals surface area contributed by atoms with E-state index in [-0.39, 0.29) is 4.90 Å². The van der Waals surface area contributed by atoms with Crippen LogP contribution in [0.5, 0.6) is 0 Å². The van der Waals surface area contributed by atoms with Crippen molar-refractivity contribution in [1.29, 1.82) is 0 Å². The van der Waals surface area contributed by atoms with Crippen molar-refractivity contribution in [3.05, 3.63) is 48.7 Å². The topological polar surface area (TPSA) is 68.0 Å². The molecule has 27 heavy (non-hydrogen) atoms. The molecule has 6 nitrogen and oxygen atoms in total. The smallest absolute Gasteiger partial charge is 0.272 e. The van der Waals surface area contributed by atoms with Crippen molar-refractivity contribution in [2.24, 2.45) is 0 Å². The molecule has 1 saturated heterocycles. The van der Waals surface area contributed by atoms with Crippen LogP contribution in [-0.4, -0.2) is 40.6 Å². The van der Waals surface area contributed by atoms with Gasteiger partial charge in [0.2, 0.25) is 0 Å². The number of para-hydroxylation sites is 1. The lowest BCUT2D eigenvalue weighted by molar-refractivity contribution is -0.903. The summed E-state index contributed by atoms with van der Waals surface area (Å²) >= 11 is 0. The minimum Gasteiger partial charge on any atom is -0.335 e. The van der Waals surface area contributed by atoms with E-state index < -0.39 is 10.0 Å². The number of nitrogens with zero attached hydrogens (tertiary/aromatic N) is 1. The van der Waals surface area contributed by atoms with Crippen LogP contribution in [0.3, 0.4) is 0 Å². The van der Waals surface area contributed by atoms with E-state index in [0.717, 1.165) is 18.7 Å². The molecular weight excluding hydrogens is 360 g/mol. The molecule has 0 amide bonds. The molecule has 0 atom stereocenters. The molecule has 1 aliphatic rings. The van der Waals surface area contributed by atoms with Crippen LogP contribution in [0.15, 0.2) is 53.6 Å². The fraction of sp³-hybridized carbons (Fsp3) is 0.450. The van der Waals surface area contributed by atoms with E-state index in [1.165, 1.54) is 23.9 Å². The van der Waals surface area contributed by atoms with Gasteiger partial charge in [0.05, 0.1) is 25.3 Å². The zero-order chi connectivity index (χ0) is 19.3. The number of nitrogens with one attached hydrogen (secondary N) is 3. The molecule has 2 aromatic rings. The first-order chi connectivity index (χ1) is 13.0. The van der Waals surface area contributed by atoms with Crippen molar-refractivity contribution in [2.45, 2.75) is 37.6 Å². The molecule has 3 N–H and O–H groups in total. The van der Waals surface area contributed by atoms with Gasteiger partial charge >= 0.3 is 0 Å². The summed E-state index contributed by atoms with van der Waals surface area (Å²) in [6.07, 6.45) is 3.85. The quantitative estimate of drug-likeness (QED) is 0.746. The van der Waals surface area contributed by atoms with E-state index in [9.17, 15) is 8.42 Å². The first kappa shape index (κ1) is 19.6. The largest absolute Gasteiger partial charge is 0.335 e. The molecule has 0 radical (unpaired) electrons. The SMILES string of the molecule is CCN(c1ccccc1)S(=O)(=O)c1ccc(NC2CC[NH+](CC)CC2)[nH+]c1. The molecule has 0 unspecified atom stereocenters. The summed E-state index contributed by atoms with van der Waals surface area (Å²) in [6.45, 7) is 8.00. The Kier molecular flexibility index (Phi) is 6.34. The van der Waals surface area contributed by atoms with Crippen molar-refractivity contribution in [3.63, 3.8) is 0 Å². The highest BCUT2D eigenvalue weighted by atomic mass is 32.2. The maximum Gasteiger partial charge on any atom is 0.272 e. The summed E-state index contributed by atoms with van der Waals surface area (Å²) < 4.78 is 27.5. The third kappa shape index (κ3) is 4.59. The summed E-state index contributed by atoms with van der Waals surface area (Å²) in [5, 5.41) is 3.50. The van der Waals surface area contributed by atoms with Crippen LogP contribution >= 0.6 is 0 Å². The summed E-state index contributed by atoms with van der Waals surface area (Å²) in [5.41, 5.74) is 0.674. The number of piperidine rings is 1. The van der Waals surface area contributed by atoms with Crippen LogP contribution in [0.25, 0.3) is 0 Å². The lowest BCUT2D eigenvalue weighted by Crippen LogP contribution is -3.13. The Balaban J connectivity index is 1.70. The van der Waals surface area contributed by atoms with Crippen LogP contribution in [0.2, 0.25) is 0 Å². The number of sulfonamides is 1. The van der Waals surface area contributed by atoms with E-state index >= 15 is 0 Å². The monoisotopic (exact) mass is 390 g/mol. The average Bonchev–Trinajstić information content (AvgIpc) is 2.70. The predicted molar refractivity (Wildman–Crippen MR) is 108 cm³/mol. The minimum absolute atomic E-state index is 0.268. The van der Waals surface area contributed by atoms with Gasteiger partial charge in [0.1, 0.15) is 17.1 Å². The standard InChI is InChI=1S/C20H28N4O2S/c1-3-23-14-12-17(13-15-23)22-20-11-10-19(16-21-20)27(25,26)24(4-2)18-8-6-5-7-9-18/h5-11,16-17H,3-4,12-15H2,1-2H3,(H,21,22)/p+2. The van der Waals surface area contributed by atoms with Crippen LogP contribution in [0, 0.1) is 0 Å². The van der Waals surface area contributed by atoms with Crippen molar-refractivity contribution >= 4 is 21.5 Å². The molecule has 0 bridgehead atoms. The number of hydrogen-bond donors (Lipinski definition) is 2. The number of aromatic amines is 1. The molecule has 1 aliphatic heterocycles. The molecule has 0 saturated carbocycles. The third-order valence-electron chi connectivity index (χ3n) is 5.26. The number of aromatic nitrogens is 1. The van der Waals surface area contributed by atoms with E-state index in [1.54, 1.807) is 17.2 Å².